The van der Waals surface area contributed by atoms with E-state index in [-0.39, 0.29) is 0 Å². The molecule has 60 valence electrons. The van der Waals surface area contributed by atoms with E-state index in [0.717, 1.165) is 17.2 Å². The Balaban J connectivity index is 3.46. The number of phenols is 1. The van der Waals surface area contributed by atoms with Crippen LogP contribution in [0.25, 0.3) is 0 Å². The number of rotatable bonds is 0. The molecule has 0 bridgehead atoms. The maximum atomic E-state index is 9.48. The fourth-order valence-corrected chi connectivity index (χ4v) is 3.58. The van der Waals surface area contributed by atoms with E-state index in [4.69, 9.17) is 0 Å². The van der Waals surface area contributed by atoms with Crippen LogP contribution in [0, 0.1) is 14.1 Å². The number of hydrogen-bond donors (Lipinski definition) is 1. The van der Waals surface area contributed by atoms with Gasteiger partial charge in [0.15, 0.2) is 0 Å². The summed E-state index contributed by atoms with van der Waals surface area (Å²) in [6.07, 6.45) is 0. The zero-order valence-corrected chi connectivity index (χ0v) is 11.6. The Labute approximate surface area is 101 Å². The Kier molecular flexibility index (Phi) is 3.45. The molecule has 0 spiro atoms. The van der Waals surface area contributed by atoms with E-state index in [9.17, 15) is 5.11 Å². The molecule has 0 aliphatic heterocycles. The normalized spacial score (nSPS) is 10.2. The summed E-state index contributed by atoms with van der Waals surface area (Å²) < 4.78 is 2.84. The summed E-state index contributed by atoms with van der Waals surface area (Å²) in [5, 5.41) is 9.48. The first-order chi connectivity index (χ1) is 5.04. The molecular formula is C7H5BrI2O. The molecule has 0 amide bonds. The molecule has 11 heavy (non-hydrogen) atoms. The number of aromatic hydroxyl groups is 1. The molecule has 1 nitrogen and oxygen atoms in total. The van der Waals surface area contributed by atoms with Gasteiger partial charge in [-0.25, -0.2) is 0 Å². The van der Waals surface area contributed by atoms with Crippen molar-refractivity contribution in [3.63, 3.8) is 0 Å². The van der Waals surface area contributed by atoms with Crippen molar-refractivity contribution in [1.29, 1.82) is 0 Å². The minimum Gasteiger partial charge on any atom is -0.506 e. The molecule has 4 heteroatoms. The van der Waals surface area contributed by atoms with Crippen LogP contribution < -0.4 is 0 Å². The molecule has 0 unspecified atom stereocenters. The van der Waals surface area contributed by atoms with Crippen molar-refractivity contribution in [2.45, 2.75) is 6.92 Å². The monoisotopic (exact) mass is 438 g/mol. The molecule has 0 aromatic heterocycles. The standard InChI is InChI=1S/C7H5BrI2O/c1-3-4(8)2-5(9)7(11)6(3)10/h2,11H,1H3. The number of phenolic OH excluding ortho intramolecular Hbond substituents is 1. The van der Waals surface area contributed by atoms with E-state index in [1.54, 1.807) is 0 Å². The van der Waals surface area contributed by atoms with E-state index in [0.29, 0.717) is 5.75 Å². The molecule has 0 aliphatic carbocycles. The van der Waals surface area contributed by atoms with Crippen LogP contribution in [0.5, 0.6) is 5.75 Å². The molecular weight excluding hydrogens is 434 g/mol. The Bertz CT molecular complexity index is 273. The highest BCUT2D eigenvalue weighted by Gasteiger charge is 2.08. The van der Waals surface area contributed by atoms with Gasteiger partial charge >= 0.3 is 0 Å². The van der Waals surface area contributed by atoms with Crippen molar-refractivity contribution in [2.75, 3.05) is 0 Å². The predicted molar refractivity (Wildman–Crippen MR) is 66.0 cm³/mol. The van der Waals surface area contributed by atoms with Crippen LogP contribution >= 0.6 is 61.1 Å². The van der Waals surface area contributed by atoms with Gasteiger partial charge in [-0.1, -0.05) is 15.9 Å². The summed E-state index contributed by atoms with van der Waals surface area (Å²) in [6.45, 7) is 1.97. The van der Waals surface area contributed by atoms with Crippen molar-refractivity contribution in [1.82, 2.24) is 0 Å². The van der Waals surface area contributed by atoms with Crippen LogP contribution in [0.2, 0.25) is 0 Å². The van der Waals surface area contributed by atoms with Crippen LogP contribution in [-0.2, 0) is 0 Å². The van der Waals surface area contributed by atoms with Gasteiger partial charge in [-0.3, -0.25) is 0 Å². The van der Waals surface area contributed by atoms with Crippen LogP contribution in [0.3, 0.4) is 0 Å². The topological polar surface area (TPSA) is 20.2 Å². The summed E-state index contributed by atoms with van der Waals surface area (Å²) in [7, 11) is 0. The van der Waals surface area contributed by atoms with E-state index >= 15 is 0 Å². The molecule has 0 aliphatic rings. The Morgan fingerprint density at radius 1 is 1.45 bits per heavy atom. The first-order valence-corrected chi connectivity index (χ1v) is 5.82. The minimum atomic E-state index is 0.381. The molecule has 1 rings (SSSR count). The summed E-state index contributed by atoms with van der Waals surface area (Å²) in [5.41, 5.74) is 1.09. The first kappa shape index (κ1) is 10.0. The molecule has 0 fully saturated rings. The Morgan fingerprint density at radius 2 is 2.00 bits per heavy atom. The molecule has 0 saturated heterocycles. The quantitative estimate of drug-likeness (QED) is 0.613. The highest BCUT2D eigenvalue weighted by molar-refractivity contribution is 14.1. The third kappa shape index (κ3) is 2.00. The van der Waals surface area contributed by atoms with Crippen LogP contribution in [0.15, 0.2) is 10.5 Å². The lowest BCUT2D eigenvalue weighted by Gasteiger charge is -2.05. The Morgan fingerprint density at radius 3 is 2.55 bits per heavy atom. The second-order valence-corrected chi connectivity index (χ2v) is 5.22. The second kappa shape index (κ2) is 3.78. The van der Waals surface area contributed by atoms with Crippen LogP contribution in [-0.4, -0.2) is 5.11 Å². The Hall–Kier alpha value is 0.960. The summed E-state index contributed by atoms with van der Waals surface area (Å²) in [5.74, 6) is 0.381. The third-order valence-corrected chi connectivity index (χ3v) is 4.34. The van der Waals surface area contributed by atoms with E-state index < -0.39 is 0 Å². The van der Waals surface area contributed by atoms with Gasteiger partial charge in [-0.2, -0.15) is 0 Å². The van der Waals surface area contributed by atoms with Crippen molar-refractivity contribution in [3.8, 4) is 5.75 Å². The molecule has 0 radical (unpaired) electrons. The van der Waals surface area contributed by atoms with Gasteiger partial charge in [0, 0.05) is 4.47 Å². The molecule has 0 saturated carbocycles. The summed E-state index contributed by atoms with van der Waals surface area (Å²) in [4.78, 5) is 0. The van der Waals surface area contributed by atoms with Crippen LogP contribution in [0.1, 0.15) is 5.56 Å². The summed E-state index contributed by atoms with van der Waals surface area (Å²) in [6, 6.07) is 1.91. The summed E-state index contributed by atoms with van der Waals surface area (Å²) >= 11 is 7.65. The lowest BCUT2D eigenvalue weighted by molar-refractivity contribution is 0.467. The number of benzene rings is 1. The van der Waals surface area contributed by atoms with Crippen molar-refractivity contribution in [2.24, 2.45) is 0 Å². The van der Waals surface area contributed by atoms with Crippen molar-refractivity contribution in [3.05, 3.63) is 23.2 Å². The molecule has 0 atom stereocenters. The van der Waals surface area contributed by atoms with Crippen molar-refractivity contribution < 1.29 is 5.11 Å². The predicted octanol–water partition coefficient (Wildman–Crippen LogP) is 3.67. The fraction of sp³-hybridized carbons (Fsp3) is 0.143. The first-order valence-electron chi connectivity index (χ1n) is 2.87. The van der Waals surface area contributed by atoms with Gasteiger partial charge < -0.3 is 5.11 Å². The maximum Gasteiger partial charge on any atom is 0.142 e. The zero-order valence-electron chi connectivity index (χ0n) is 5.66. The van der Waals surface area contributed by atoms with Crippen molar-refractivity contribution >= 4 is 61.1 Å². The van der Waals surface area contributed by atoms with E-state index in [1.165, 1.54) is 0 Å². The minimum absolute atomic E-state index is 0.381. The van der Waals surface area contributed by atoms with Gasteiger partial charge in [-0.05, 0) is 63.7 Å². The smallest absolute Gasteiger partial charge is 0.142 e. The maximum absolute atomic E-state index is 9.48. The van der Waals surface area contributed by atoms with Gasteiger partial charge in [0.1, 0.15) is 5.75 Å². The number of hydrogen-bond acceptors (Lipinski definition) is 1. The highest BCUT2D eigenvalue weighted by atomic mass is 127. The van der Waals surface area contributed by atoms with Gasteiger partial charge in [0.05, 0.1) is 7.14 Å². The number of halogens is 3. The molecule has 0 heterocycles. The molecule has 1 aromatic carbocycles. The average Bonchev–Trinajstić information content (AvgIpc) is 1.97. The second-order valence-electron chi connectivity index (χ2n) is 2.13. The van der Waals surface area contributed by atoms with E-state index in [2.05, 4.69) is 61.1 Å². The SMILES string of the molecule is Cc1c(Br)cc(I)c(O)c1I. The van der Waals surface area contributed by atoms with Gasteiger partial charge in [0.25, 0.3) is 0 Å². The average molecular weight is 439 g/mol. The van der Waals surface area contributed by atoms with E-state index in [1.807, 2.05) is 13.0 Å². The molecule has 1 N–H and O–H groups in total. The zero-order chi connectivity index (χ0) is 8.59. The fourth-order valence-electron chi connectivity index (χ4n) is 0.675. The van der Waals surface area contributed by atoms with Gasteiger partial charge in [0.2, 0.25) is 0 Å². The lowest BCUT2D eigenvalue weighted by Crippen LogP contribution is -1.86. The highest BCUT2D eigenvalue weighted by Crippen LogP contribution is 2.33. The third-order valence-electron chi connectivity index (χ3n) is 1.38. The van der Waals surface area contributed by atoms with Gasteiger partial charge in [-0.15, -0.1) is 0 Å². The lowest BCUT2D eigenvalue weighted by atomic mass is 10.2. The van der Waals surface area contributed by atoms with Crippen LogP contribution in [0.4, 0.5) is 0 Å². The molecule has 1 aromatic rings. The largest absolute Gasteiger partial charge is 0.506 e.